The van der Waals surface area contributed by atoms with E-state index in [1.54, 1.807) is 6.07 Å². The van der Waals surface area contributed by atoms with Gasteiger partial charge in [-0.3, -0.25) is 0 Å². The Balaban J connectivity index is 2.06. The van der Waals surface area contributed by atoms with Gasteiger partial charge in [-0.15, -0.1) is 0 Å². The Kier molecular flexibility index (Phi) is 5.51. The molecular weight excluding hydrogens is 323 g/mol. The molecule has 0 bridgehead atoms. The minimum absolute atomic E-state index is 0.0187. The third-order valence-electron chi connectivity index (χ3n) is 3.43. The molecule has 24 heavy (non-hydrogen) atoms. The second kappa shape index (κ2) is 7.99. The zero-order valence-electron chi connectivity index (χ0n) is 13.3. The van der Waals surface area contributed by atoms with E-state index in [1.165, 1.54) is 23.0 Å². The molecule has 4 heteroatoms. The van der Waals surface area contributed by atoms with Crippen LogP contribution in [0.5, 0.6) is 5.75 Å². The van der Waals surface area contributed by atoms with Crippen LogP contribution in [0.2, 0.25) is 0 Å². The van der Waals surface area contributed by atoms with Gasteiger partial charge in [0.2, 0.25) is 0 Å². The Bertz CT molecular complexity index is 739. The zero-order valence-corrected chi connectivity index (χ0v) is 14.1. The van der Waals surface area contributed by atoms with Gasteiger partial charge in [0.15, 0.2) is 33.0 Å². The molecule has 3 aromatic rings. The molecule has 3 rings (SSSR count). The molecule has 0 saturated heterocycles. The van der Waals surface area contributed by atoms with Crippen LogP contribution in [0.25, 0.3) is 0 Å². The maximum atomic E-state index is 14.0. The lowest BCUT2D eigenvalue weighted by Gasteiger charge is -2.10. The van der Waals surface area contributed by atoms with Crippen LogP contribution in [-0.4, -0.2) is 13.9 Å². The fourth-order valence-corrected chi connectivity index (χ4v) is 4.47. The quantitative estimate of drug-likeness (QED) is 0.469. The van der Waals surface area contributed by atoms with Gasteiger partial charge in [-0.05, 0) is 36.4 Å². The molecule has 0 atom stereocenters. The molecule has 3 aromatic carbocycles. The first-order valence-corrected chi connectivity index (χ1v) is 8.78. The second-order valence-electron chi connectivity index (χ2n) is 5.08. The van der Waals surface area contributed by atoms with Gasteiger partial charge >= 0.3 is 0 Å². The topological polar surface area (TPSA) is 18.5 Å². The number of ether oxygens (including phenoxy) is 2. The number of hydrogen-bond donors (Lipinski definition) is 0. The third-order valence-corrected chi connectivity index (χ3v) is 5.64. The van der Waals surface area contributed by atoms with Crippen LogP contribution < -0.4 is 4.74 Å². The summed E-state index contributed by atoms with van der Waals surface area (Å²) in [5, 5.41) is 0. The normalized spacial score (nSPS) is 10.8. The van der Waals surface area contributed by atoms with E-state index in [-0.39, 0.29) is 29.3 Å². The number of benzene rings is 3. The van der Waals surface area contributed by atoms with Gasteiger partial charge in [-0.25, -0.2) is 4.39 Å². The van der Waals surface area contributed by atoms with Crippen LogP contribution in [0.4, 0.5) is 4.39 Å². The van der Waals surface area contributed by atoms with E-state index in [0.29, 0.717) is 0 Å². The Labute approximate surface area is 144 Å². The molecule has 0 saturated carbocycles. The van der Waals surface area contributed by atoms with Gasteiger partial charge in [0.1, 0.15) is 0 Å². The minimum Gasteiger partial charge on any atom is -0.464 e. The summed E-state index contributed by atoms with van der Waals surface area (Å²) in [6.45, 7) is 0.0187. The molecular formula is C20H18FO2S+. The summed E-state index contributed by atoms with van der Waals surface area (Å²) in [5.74, 6) is -0.181. The molecule has 0 aliphatic heterocycles. The lowest BCUT2D eigenvalue weighted by molar-refractivity contribution is 0.0481. The molecule has 0 unspecified atom stereocenters. The van der Waals surface area contributed by atoms with Crippen molar-refractivity contribution in [2.75, 3.05) is 13.9 Å². The van der Waals surface area contributed by atoms with E-state index in [9.17, 15) is 4.39 Å². The van der Waals surface area contributed by atoms with Crippen molar-refractivity contribution in [2.45, 2.75) is 14.7 Å². The molecule has 0 heterocycles. The highest BCUT2D eigenvalue weighted by molar-refractivity contribution is 7.97. The molecule has 2 nitrogen and oxygen atoms in total. The predicted molar refractivity (Wildman–Crippen MR) is 94.0 cm³/mol. The molecule has 0 fully saturated rings. The highest BCUT2D eigenvalue weighted by Gasteiger charge is 2.29. The first-order valence-electron chi connectivity index (χ1n) is 7.55. The maximum absolute atomic E-state index is 14.0. The van der Waals surface area contributed by atoms with E-state index in [2.05, 4.69) is 24.3 Å². The van der Waals surface area contributed by atoms with Crippen LogP contribution >= 0.6 is 0 Å². The van der Waals surface area contributed by atoms with Crippen molar-refractivity contribution < 1.29 is 13.9 Å². The fourth-order valence-electron chi connectivity index (χ4n) is 2.37. The summed E-state index contributed by atoms with van der Waals surface area (Å²) in [6, 6.07) is 25.5. The van der Waals surface area contributed by atoms with Crippen molar-refractivity contribution in [3.8, 4) is 5.75 Å². The van der Waals surface area contributed by atoms with Crippen LogP contribution in [-0.2, 0) is 15.6 Å². The van der Waals surface area contributed by atoms with Gasteiger partial charge in [-0.2, -0.15) is 0 Å². The van der Waals surface area contributed by atoms with E-state index in [4.69, 9.17) is 9.47 Å². The average molecular weight is 341 g/mol. The molecule has 0 aromatic heterocycles. The Morgan fingerprint density at radius 2 is 1.38 bits per heavy atom. The lowest BCUT2D eigenvalue weighted by atomic mass is 10.3. The Hall–Kier alpha value is -2.30. The monoisotopic (exact) mass is 341 g/mol. The van der Waals surface area contributed by atoms with Crippen LogP contribution in [0.15, 0.2) is 93.5 Å². The Morgan fingerprint density at radius 1 is 0.792 bits per heavy atom. The molecule has 0 N–H and O–H groups in total. The van der Waals surface area contributed by atoms with E-state index in [1.807, 2.05) is 42.5 Å². The summed E-state index contributed by atoms with van der Waals surface area (Å²) in [6.07, 6.45) is 0. The van der Waals surface area contributed by atoms with Crippen LogP contribution in [0.1, 0.15) is 0 Å². The van der Waals surface area contributed by atoms with Crippen molar-refractivity contribution in [1.29, 1.82) is 0 Å². The first kappa shape index (κ1) is 16.6. The molecule has 122 valence electrons. The van der Waals surface area contributed by atoms with Gasteiger partial charge in [-0.1, -0.05) is 36.4 Å². The van der Waals surface area contributed by atoms with Gasteiger partial charge < -0.3 is 9.47 Å². The number of hydrogen-bond acceptors (Lipinski definition) is 2. The lowest BCUT2D eigenvalue weighted by Crippen LogP contribution is -2.06. The molecule has 0 amide bonds. The third kappa shape index (κ3) is 3.78. The zero-order chi connectivity index (χ0) is 16.8. The van der Waals surface area contributed by atoms with Crippen LogP contribution in [0.3, 0.4) is 0 Å². The molecule has 0 aliphatic carbocycles. The number of halogens is 1. The summed E-state index contributed by atoms with van der Waals surface area (Å²) >= 11 is 0. The van der Waals surface area contributed by atoms with E-state index < -0.39 is 0 Å². The maximum Gasteiger partial charge on any atom is 0.188 e. The first-order chi connectivity index (χ1) is 11.8. The second-order valence-corrected chi connectivity index (χ2v) is 7.10. The Morgan fingerprint density at radius 3 is 1.92 bits per heavy atom. The van der Waals surface area contributed by atoms with Gasteiger partial charge in [0.05, 0.1) is 10.9 Å². The number of methoxy groups -OCH3 is 1. The van der Waals surface area contributed by atoms with Gasteiger partial charge in [0.25, 0.3) is 0 Å². The highest BCUT2D eigenvalue weighted by atomic mass is 32.2. The summed E-state index contributed by atoms with van der Waals surface area (Å²) in [5.41, 5.74) is 0. The van der Waals surface area contributed by atoms with Crippen molar-refractivity contribution in [3.05, 3.63) is 84.7 Å². The number of rotatable bonds is 6. The largest absolute Gasteiger partial charge is 0.464 e. The van der Waals surface area contributed by atoms with Crippen molar-refractivity contribution >= 4 is 10.9 Å². The SMILES string of the molecule is COCOc1cc([S+](c2ccccc2)c2ccccc2)ccc1F. The van der Waals surface area contributed by atoms with Crippen molar-refractivity contribution in [3.63, 3.8) is 0 Å². The molecule has 0 aliphatic rings. The smallest absolute Gasteiger partial charge is 0.188 e. The highest BCUT2D eigenvalue weighted by Crippen LogP contribution is 2.33. The fraction of sp³-hybridized carbons (Fsp3) is 0.100. The summed E-state index contributed by atoms with van der Waals surface area (Å²) < 4.78 is 24.2. The van der Waals surface area contributed by atoms with E-state index >= 15 is 0 Å². The van der Waals surface area contributed by atoms with Crippen LogP contribution in [0, 0.1) is 5.82 Å². The van der Waals surface area contributed by atoms with E-state index in [0.717, 1.165) is 4.90 Å². The summed E-state index contributed by atoms with van der Waals surface area (Å²) in [7, 11) is 1.19. The minimum atomic E-state index is -0.388. The predicted octanol–water partition coefficient (Wildman–Crippen LogP) is 4.90. The van der Waals surface area contributed by atoms with Crippen molar-refractivity contribution in [2.24, 2.45) is 0 Å². The standard InChI is InChI=1S/C20H18FO2S/c1-22-15-23-20-14-18(12-13-19(20)21)24(16-8-4-2-5-9-16)17-10-6-3-7-11-17/h2-14H,15H2,1H3/q+1. The molecule has 0 spiro atoms. The summed E-state index contributed by atoms with van der Waals surface area (Å²) in [4.78, 5) is 3.35. The van der Waals surface area contributed by atoms with Gasteiger partial charge in [0, 0.05) is 13.2 Å². The molecule has 0 radical (unpaired) electrons. The average Bonchev–Trinajstić information content (AvgIpc) is 2.64. The van der Waals surface area contributed by atoms with Crippen molar-refractivity contribution in [1.82, 2.24) is 0 Å².